The van der Waals surface area contributed by atoms with Gasteiger partial charge in [-0.15, -0.1) is 0 Å². The lowest BCUT2D eigenvalue weighted by Gasteiger charge is -2.32. The molecule has 2 fully saturated rings. The first-order chi connectivity index (χ1) is 16.2. The number of nitrogens with zero attached hydrogens (tertiary/aromatic N) is 3. The van der Waals surface area contributed by atoms with Gasteiger partial charge in [-0.05, 0) is 60.4 Å². The number of pyridine rings is 1. The number of benzene rings is 1. The molecule has 1 saturated carbocycles. The Morgan fingerprint density at radius 1 is 1.27 bits per heavy atom. The van der Waals surface area contributed by atoms with Crippen molar-refractivity contribution in [3.8, 4) is 0 Å². The molecule has 1 unspecified atom stereocenters. The highest BCUT2D eigenvalue weighted by molar-refractivity contribution is 5.95. The fourth-order valence-electron chi connectivity index (χ4n) is 5.12. The fraction of sp³-hybridized carbons (Fsp3) is 0.400. The summed E-state index contributed by atoms with van der Waals surface area (Å²) in [5, 5.41) is 3.97. The largest absolute Gasteiger partial charge is 0.449 e. The smallest absolute Gasteiger partial charge is 0.287 e. The Kier molecular flexibility index (Phi) is 5.11. The first kappa shape index (κ1) is 20.4. The molecule has 1 aromatic carbocycles. The van der Waals surface area contributed by atoms with E-state index in [1.165, 1.54) is 6.42 Å². The van der Waals surface area contributed by atoms with Gasteiger partial charge in [0.05, 0.1) is 36.9 Å². The molecule has 1 spiro atoms. The number of ether oxygens (including phenoxy) is 1. The summed E-state index contributed by atoms with van der Waals surface area (Å²) in [5.74, 6) is 0.760. The Hall–Kier alpha value is -3.23. The standard InChI is InChI=1S/C25H27N5O3/c31-24(22-10-18-3-6-26-13-23(18)33-22)27-12-19-11-25(19)4-7-30(8-5-25)16-32-14-17-1-2-20-21(9-17)29-15-28-20/h1-3,6,9-10,13,15,19H,4-5,7-8,11-12,14,16H2,(H,27,31)(H,28,29). The first-order valence-electron chi connectivity index (χ1n) is 11.5. The number of H-pyrrole nitrogens is 1. The van der Waals surface area contributed by atoms with Crippen LogP contribution < -0.4 is 5.32 Å². The zero-order valence-electron chi connectivity index (χ0n) is 18.4. The number of nitrogens with one attached hydrogen (secondary N) is 2. The highest BCUT2D eigenvalue weighted by Crippen LogP contribution is 2.59. The van der Waals surface area contributed by atoms with Gasteiger partial charge in [-0.3, -0.25) is 14.7 Å². The predicted molar refractivity (Wildman–Crippen MR) is 123 cm³/mol. The number of aromatic nitrogens is 3. The van der Waals surface area contributed by atoms with Gasteiger partial charge in [0, 0.05) is 31.2 Å². The minimum Gasteiger partial charge on any atom is -0.449 e. The summed E-state index contributed by atoms with van der Waals surface area (Å²) in [5.41, 5.74) is 4.19. The summed E-state index contributed by atoms with van der Waals surface area (Å²) in [7, 11) is 0. The van der Waals surface area contributed by atoms with Crippen LogP contribution in [0.2, 0.25) is 0 Å². The van der Waals surface area contributed by atoms with Crippen molar-refractivity contribution in [1.82, 2.24) is 25.2 Å². The molecule has 33 heavy (non-hydrogen) atoms. The lowest BCUT2D eigenvalue weighted by molar-refractivity contribution is -0.00195. The zero-order valence-corrected chi connectivity index (χ0v) is 18.4. The molecule has 6 rings (SSSR count). The van der Waals surface area contributed by atoms with E-state index in [0.29, 0.717) is 42.6 Å². The molecule has 4 heterocycles. The van der Waals surface area contributed by atoms with E-state index in [9.17, 15) is 4.79 Å². The van der Waals surface area contributed by atoms with E-state index in [0.717, 1.165) is 47.9 Å². The Balaban J connectivity index is 0.937. The maximum atomic E-state index is 12.5. The molecule has 1 saturated heterocycles. The van der Waals surface area contributed by atoms with Crippen LogP contribution in [0, 0.1) is 11.3 Å². The SMILES string of the molecule is O=C(NCC1CC12CCN(COCc1ccc3nc[nH]c3c1)CC2)c1cc2ccncc2o1. The van der Waals surface area contributed by atoms with Crippen molar-refractivity contribution >= 4 is 27.9 Å². The number of furan rings is 1. The Labute approximate surface area is 191 Å². The number of aromatic amines is 1. The molecular weight excluding hydrogens is 418 g/mol. The maximum absolute atomic E-state index is 12.5. The van der Waals surface area contributed by atoms with Crippen LogP contribution in [0.4, 0.5) is 0 Å². The Morgan fingerprint density at radius 2 is 2.18 bits per heavy atom. The second-order valence-corrected chi connectivity index (χ2v) is 9.35. The van der Waals surface area contributed by atoms with E-state index in [2.05, 4.69) is 37.3 Å². The summed E-state index contributed by atoms with van der Waals surface area (Å²) in [6.07, 6.45) is 8.56. The van der Waals surface area contributed by atoms with Crippen LogP contribution in [0.25, 0.3) is 22.0 Å². The number of fused-ring (bicyclic) bond motifs is 2. The van der Waals surface area contributed by atoms with Crippen molar-refractivity contribution < 1.29 is 13.9 Å². The number of carbonyl (C=O) groups is 1. The molecule has 0 bridgehead atoms. The van der Waals surface area contributed by atoms with Gasteiger partial charge >= 0.3 is 0 Å². The lowest BCUT2D eigenvalue weighted by atomic mass is 9.91. The normalized spacial score (nSPS) is 19.9. The Morgan fingerprint density at radius 3 is 3.06 bits per heavy atom. The van der Waals surface area contributed by atoms with Crippen LogP contribution in [0.15, 0.2) is 53.5 Å². The quantitative estimate of drug-likeness (QED) is 0.450. The van der Waals surface area contributed by atoms with Gasteiger partial charge in [-0.2, -0.15) is 0 Å². The third kappa shape index (κ3) is 4.12. The second-order valence-electron chi connectivity index (χ2n) is 9.35. The summed E-state index contributed by atoms with van der Waals surface area (Å²) in [6.45, 7) is 4.05. The second kappa shape index (κ2) is 8.28. The average Bonchev–Trinajstić information content (AvgIpc) is 3.18. The minimum atomic E-state index is -0.146. The summed E-state index contributed by atoms with van der Waals surface area (Å²) < 4.78 is 11.6. The number of hydrogen-bond donors (Lipinski definition) is 2. The van der Waals surface area contributed by atoms with E-state index in [-0.39, 0.29) is 5.91 Å². The van der Waals surface area contributed by atoms with E-state index < -0.39 is 0 Å². The van der Waals surface area contributed by atoms with Crippen molar-refractivity contribution in [2.24, 2.45) is 11.3 Å². The van der Waals surface area contributed by atoms with Gasteiger partial charge < -0.3 is 19.5 Å². The number of hydrogen-bond acceptors (Lipinski definition) is 6. The van der Waals surface area contributed by atoms with Crippen molar-refractivity contribution in [3.05, 3.63) is 60.4 Å². The minimum absolute atomic E-state index is 0.146. The maximum Gasteiger partial charge on any atom is 0.287 e. The Bertz CT molecular complexity index is 1250. The van der Waals surface area contributed by atoms with Crippen LogP contribution in [0.1, 0.15) is 35.4 Å². The molecule has 1 aliphatic carbocycles. The monoisotopic (exact) mass is 445 g/mol. The first-order valence-corrected chi connectivity index (χ1v) is 11.5. The number of carbonyl (C=O) groups excluding carboxylic acids is 1. The molecule has 3 aromatic heterocycles. The van der Waals surface area contributed by atoms with Gasteiger partial charge in [-0.25, -0.2) is 4.98 Å². The molecule has 1 atom stereocenters. The third-order valence-corrected chi connectivity index (χ3v) is 7.29. The molecule has 0 radical (unpaired) electrons. The van der Waals surface area contributed by atoms with Gasteiger partial charge in [0.15, 0.2) is 11.3 Å². The number of imidazole rings is 1. The molecule has 4 aromatic rings. The highest BCUT2D eigenvalue weighted by atomic mass is 16.5. The molecule has 1 aliphatic heterocycles. The molecule has 8 nitrogen and oxygen atoms in total. The lowest BCUT2D eigenvalue weighted by Crippen LogP contribution is -2.37. The molecular formula is C25H27N5O3. The van der Waals surface area contributed by atoms with Crippen molar-refractivity contribution in [1.29, 1.82) is 0 Å². The van der Waals surface area contributed by atoms with Crippen LogP contribution in [0.3, 0.4) is 0 Å². The van der Waals surface area contributed by atoms with Crippen LogP contribution in [-0.2, 0) is 11.3 Å². The third-order valence-electron chi connectivity index (χ3n) is 7.29. The van der Waals surface area contributed by atoms with E-state index in [1.807, 2.05) is 12.1 Å². The topological polar surface area (TPSA) is 96.3 Å². The van der Waals surface area contributed by atoms with Gasteiger partial charge in [0.2, 0.25) is 0 Å². The van der Waals surface area contributed by atoms with Crippen molar-refractivity contribution in [2.45, 2.75) is 25.9 Å². The molecule has 2 aliphatic rings. The molecule has 8 heteroatoms. The average molecular weight is 446 g/mol. The fourth-order valence-corrected chi connectivity index (χ4v) is 5.12. The van der Waals surface area contributed by atoms with E-state index in [4.69, 9.17) is 9.15 Å². The molecule has 170 valence electrons. The highest BCUT2D eigenvalue weighted by Gasteiger charge is 2.54. The number of rotatable bonds is 7. The summed E-state index contributed by atoms with van der Waals surface area (Å²) in [4.78, 5) is 26.3. The van der Waals surface area contributed by atoms with Crippen molar-refractivity contribution in [3.63, 3.8) is 0 Å². The van der Waals surface area contributed by atoms with E-state index in [1.54, 1.807) is 24.8 Å². The van der Waals surface area contributed by atoms with Gasteiger partial charge in [0.25, 0.3) is 5.91 Å². The summed E-state index contributed by atoms with van der Waals surface area (Å²) >= 11 is 0. The predicted octanol–water partition coefficient (Wildman–Crippen LogP) is 3.71. The number of likely N-dealkylation sites (tertiary alicyclic amines) is 1. The summed E-state index contributed by atoms with van der Waals surface area (Å²) in [6, 6.07) is 9.81. The van der Waals surface area contributed by atoms with Gasteiger partial charge in [0.1, 0.15) is 0 Å². The van der Waals surface area contributed by atoms with Crippen molar-refractivity contribution in [2.75, 3.05) is 26.4 Å². The number of amides is 1. The van der Waals surface area contributed by atoms with Crippen LogP contribution in [0.5, 0.6) is 0 Å². The van der Waals surface area contributed by atoms with Crippen LogP contribution in [-0.4, -0.2) is 52.1 Å². The molecule has 2 N–H and O–H groups in total. The van der Waals surface area contributed by atoms with E-state index >= 15 is 0 Å². The van der Waals surface area contributed by atoms with Gasteiger partial charge in [-0.1, -0.05) is 6.07 Å². The molecule has 1 amide bonds. The zero-order chi connectivity index (χ0) is 22.3. The van der Waals surface area contributed by atoms with Crippen LogP contribution >= 0.6 is 0 Å². The number of piperidine rings is 1.